The van der Waals surface area contributed by atoms with E-state index >= 15 is 0 Å². The van der Waals surface area contributed by atoms with Gasteiger partial charge in [0.05, 0.1) is 12.3 Å². The summed E-state index contributed by atoms with van der Waals surface area (Å²) in [6.07, 6.45) is 13.7. The molecule has 2 fully saturated rings. The van der Waals surface area contributed by atoms with Crippen molar-refractivity contribution >= 4 is 29.4 Å². The molecule has 4 rings (SSSR count). The average molecular weight is 527 g/mol. The molecule has 1 aromatic carbocycles. The lowest BCUT2D eigenvalue weighted by Gasteiger charge is -2.23. The summed E-state index contributed by atoms with van der Waals surface area (Å²) in [5.41, 5.74) is 1.90. The SMILES string of the molecule is O=C(O)CN(CCCCC1CCCCC1)C(=O)CCCCCCOc1ccc2c(c1)N=C1NC(=O)CN1C2. The van der Waals surface area contributed by atoms with E-state index in [1.807, 2.05) is 23.1 Å². The first-order chi connectivity index (χ1) is 18.5. The molecule has 1 aromatic rings. The number of guanidine groups is 1. The van der Waals surface area contributed by atoms with E-state index in [-0.39, 0.29) is 18.4 Å². The zero-order chi connectivity index (χ0) is 26.7. The molecule has 0 unspecified atom stereocenters. The van der Waals surface area contributed by atoms with Gasteiger partial charge in [-0.15, -0.1) is 0 Å². The van der Waals surface area contributed by atoms with Gasteiger partial charge in [-0.1, -0.05) is 63.9 Å². The van der Waals surface area contributed by atoms with Gasteiger partial charge < -0.3 is 19.6 Å². The third kappa shape index (κ3) is 8.46. The van der Waals surface area contributed by atoms with Crippen LogP contribution in [0.2, 0.25) is 0 Å². The van der Waals surface area contributed by atoms with E-state index in [0.717, 1.165) is 61.4 Å². The Kier molecular flexibility index (Phi) is 10.4. The minimum atomic E-state index is -0.943. The molecule has 2 heterocycles. The van der Waals surface area contributed by atoms with Crippen molar-refractivity contribution in [2.75, 3.05) is 26.2 Å². The normalized spacial score (nSPS) is 16.9. The number of rotatable bonds is 15. The van der Waals surface area contributed by atoms with Gasteiger partial charge in [0.1, 0.15) is 18.8 Å². The number of carbonyl (C=O) groups excluding carboxylic acids is 2. The molecule has 2 amide bonds. The molecule has 0 spiro atoms. The number of ether oxygens (including phenoxy) is 1. The highest BCUT2D eigenvalue weighted by Gasteiger charge is 2.29. The number of nitrogens with one attached hydrogen (secondary N) is 1. The van der Waals surface area contributed by atoms with Crippen molar-refractivity contribution in [3.05, 3.63) is 23.8 Å². The van der Waals surface area contributed by atoms with Crippen LogP contribution in [0.5, 0.6) is 5.75 Å². The second-order valence-corrected chi connectivity index (χ2v) is 10.9. The maximum absolute atomic E-state index is 12.7. The lowest BCUT2D eigenvalue weighted by atomic mass is 9.86. The van der Waals surface area contributed by atoms with E-state index in [1.54, 1.807) is 0 Å². The summed E-state index contributed by atoms with van der Waals surface area (Å²) >= 11 is 0. The maximum atomic E-state index is 12.7. The predicted molar refractivity (Wildman–Crippen MR) is 145 cm³/mol. The van der Waals surface area contributed by atoms with Gasteiger partial charge in [-0.05, 0) is 36.8 Å². The fourth-order valence-electron chi connectivity index (χ4n) is 5.66. The van der Waals surface area contributed by atoms with Crippen molar-refractivity contribution in [1.82, 2.24) is 15.1 Å². The molecular formula is C29H42N4O5. The van der Waals surface area contributed by atoms with Gasteiger partial charge in [0.2, 0.25) is 17.8 Å². The van der Waals surface area contributed by atoms with Gasteiger partial charge in [0, 0.05) is 25.6 Å². The third-order valence-electron chi connectivity index (χ3n) is 7.78. The lowest BCUT2D eigenvalue weighted by molar-refractivity contribution is -0.144. The highest BCUT2D eigenvalue weighted by Crippen LogP contribution is 2.31. The molecule has 38 heavy (non-hydrogen) atoms. The Hall–Kier alpha value is -3.10. The van der Waals surface area contributed by atoms with E-state index in [4.69, 9.17) is 4.74 Å². The van der Waals surface area contributed by atoms with Crippen LogP contribution in [0.25, 0.3) is 0 Å². The van der Waals surface area contributed by atoms with Crippen LogP contribution in [-0.2, 0) is 20.9 Å². The van der Waals surface area contributed by atoms with Crippen molar-refractivity contribution in [3.8, 4) is 5.75 Å². The Morgan fingerprint density at radius 1 is 1.05 bits per heavy atom. The number of hydrogen-bond donors (Lipinski definition) is 2. The Balaban J connectivity index is 1.09. The molecule has 1 saturated carbocycles. The van der Waals surface area contributed by atoms with Crippen LogP contribution in [0.1, 0.15) is 89.0 Å². The third-order valence-corrected chi connectivity index (χ3v) is 7.78. The van der Waals surface area contributed by atoms with E-state index < -0.39 is 5.97 Å². The molecule has 0 radical (unpaired) electrons. The summed E-state index contributed by atoms with van der Waals surface area (Å²) in [4.78, 5) is 43.5. The Labute approximate surface area is 225 Å². The van der Waals surface area contributed by atoms with Gasteiger partial charge in [-0.25, -0.2) is 4.99 Å². The van der Waals surface area contributed by atoms with Gasteiger partial charge in [0.15, 0.2) is 0 Å². The summed E-state index contributed by atoms with van der Waals surface area (Å²) in [7, 11) is 0. The first kappa shape index (κ1) is 27.9. The molecule has 208 valence electrons. The number of carboxylic acid groups (broad SMARTS) is 1. The maximum Gasteiger partial charge on any atom is 0.323 e. The number of amides is 2. The van der Waals surface area contributed by atoms with Crippen molar-refractivity contribution in [2.24, 2.45) is 10.9 Å². The van der Waals surface area contributed by atoms with E-state index in [1.165, 1.54) is 43.4 Å². The fourth-order valence-corrected chi connectivity index (χ4v) is 5.66. The van der Waals surface area contributed by atoms with Gasteiger partial charge in [0.25, 0.3) is 0 Å². The Morgan fingerprint density at radius 2 is 1.87 bits per heavy atom. The summed E-state index contributed by atoms with van der Waals surface area (Å²) < 4.78 is 5.90. The molecule has 0 aromatic heterocycles. The molecule has 9 heteroatoms. The topological polar surface area (TPSA) is 112 Å². The first-order valence-corrected chi connectivity index (χ1v) is 14.4. The van der Waals surface area contributed by atoms with Crippen LogP contribution in [0, 0.1) is 5.92 Å². The zero-order valence-corrected chi connectivity index (χ0v) is 22.5. The summed E-state index contributed by atoms with van der Waals surface area (Å²) in [5.74, 6) is 1.16. The number of carbonyl (C=O) groups is 3. The van der Waals surface area contributed by atoms with Crippen molar-refractivity contribution < 1.29 is 24.2 Å². The van der Waals surface area contributed by atoms with Crippen LogP contribution in [0.3, 0.4) is 0 Å². The highest BCUT2D eigenvalue weighted by molar-refractivity contribution is 6.05. The van der Waals surface area contributed by atoms with Crippen LogP contribution >= 0.6 is 0 Å². The number of carboxylic acids is 1. The first-order valence-electron chi connectivity index (χ1n) is 14.4. The van der Waals surface area contributed by atoms with Crippen LogP contribution in [-0.4, -0.2) is 64.9 Å². The monoisotopic (exact) mass is 526 g/mol. The van der Waals surface area contributed by atoms with E-state index in [9.17, 15) is 19.5 Å². The number of hydrogen-bond acceptors (Lipinski definition) is 6. The van der Waals surface area contributed by atoms with Crippen molar-refractivity contribution in [3.63, 3.8) is 0 Å². The molecule has 0 bridgehead atoms. The number of aliphatic carboxylic acids is 1. The minimum Gasteiger partial charge on any atom is -0.494 e. The van der Waals surface area contributed by atoms with E-state index in [2.05, 4.69) is 10.3 Å². The van der Waals surface area contributed by atoms with Crippen LogP contribution in [0.4, 0.5) is 5.69 Å². The number of aliphatic imine (C=N–C) groups is 1. The van der Waals surface area contributed by atoms with Crippen molar-refractivity contribution in [2.45, 2.75) is 90.0 Å². The molecular weight excluding hydrogens is 484 g/mol. The molecule has 9 nitrogen and oxygen atoms in total. The molecule has 1 saturated heterocycles. The Morgan fingerprint density at radius 3 is 2.68 bits per heavy atom. The summed E-state index contributed by atoms with van der Waals surface area (Å²) in [6, 6.07) is 5.85. The van der Waals surface area contributed by atoms with Crippen LogP contribution in [0.15, 0.2) is 23.2 Å². The average Bonchev–Trinajstić information content (AvgIpc) is 3.27. The second kappa shape index (κ2) is 14.2. The van der Waals surface area contributed by atoms with Gasteiger partial charge >= 0.3 is 5.97 Å². The number of fused-ring (bicyclic) bond motifs is 2. The van der Waals surface area contributed by atoms with Gasteiger partial charge in [-0.3, -0.25) is 19.7 Å². The number of nitrogens with zero attached hydrogens (tertiary/aromatic N) is 3. The minimum absolute atomic E-state index is 0.0332. The largest absolute Gasteiger partial charge is 0.494 e. The molecule has 0 atom stereocenters. The fraction of sp³-hybridized carbons (Fsp3) is 0.655. The summed E-state index contributed by atoms with van der Waals surface area (Å²) in [5, 5.41) is 12.0. The zero-order valence-electron chi connectivity index (χ0n) is 22.5. The molecule has 3 aliphatic rings. The standard InChI is InChI=1S/C29H42N4O5/c34-26-20-33-19-23-14-15-24(18-25(23)30-29(33)31-26)38-17-9-2-1-6-13-27(35)32(21-28(36)37)16-8-7-12-22-10-4-3-5-11-22/h14-15,18,22H,1-13,16-17,19-21H2,(H,36,37)(H,30,31,34). The smallest absolute Gasteiger partial charge is 0.323 e. The second-order valence-electron chi connectivity index (χ2n) is 10.9. The molecule has 2 aliphatic heterocycles. The van der Waals surface area contributed by atoms with Gasteiger partial charge in [-0.2, -0.15) is 0 Å². The van der Waals surface area contributed by atoms with Crippen molar-refractivity contribution in [1.29, 1.82) is 0 Å². The lowest BCUT2D eigenvalue weighted by Crippen LogP contribution is -2.36. The van der Waals surface area contributed by atoms with Crippen LogP contribution < -0.4 is 10.1 Å². The molecule has 2 N–H and O–H groups in total. The number of benzene rings is 1. The predicted octanol–water partition coefficient (Wildman–Crippen LogP) is 4.61. The molecule has 1 aliphatic carbocycles. The highest BCUT2D eigenvalue weighted by atomic mass is 16.5. The Bertz CT molecular complexity index is 1000. The summed E-state index contributed by atoms with van der Waals surface area (Å²) in [6.45, 7) is 1.93. The van der Waals surface area contributed by atoms with E-state index in [0.29, 0.717) is 38.6 Å². The number of unbranched alkanes of at least 4 members (excludes halogenated alkanes) is 4. The quantitative estimate of drug-likeness (QED) is 0.323.